The summed E-state index contributed by atoms with van der Waals surface area (Å²) in [7, 11) is 0. The highest BCUT2D eigenvalue weighted by atomic mass is 16.5. The molecule has 0 radical (unpaired) electrons. The smallest absolute Gasteiger partial charge is 0.329 e. The van der Waals surface area contributed by atoms with Crippen LogP contribution in [0.2, 0.25) is 0 Å². The van der Waals surface area contributed by atoms with Crippen molar-refractivity contribution in [3.63, 3.8) is 0 Å². The number of carbonyl (C=O) groups excluding carboxylic acids is 1. The van der Waals surface area contributed by atoms with E-state index in [1.54, 1.807) is 0 Å². The fourth-order valence-corrected chi connectivity index (χ4v) is 3.33. The van der Waals surface area contributed by atoms with Crippen LogP contribution in [0.5, 0.6) is 0 Å². The van der Waals surface area contributed by atoms with Gasteiger partial charge >= 0.3 is 5.97 Å². The Morgan fingerprint density at radius 2 is 1.92 bits per heavy atom. The molecule has 0 aliphatic heterocycles. The molecule has 2 aliphatic carbocycles. The molecule has 0 unspecified atom stereocenters. The second kappa shape index (κ2) is 7.32. The van der Waals surface area contributed by atoms with Crippen LogP contribution in [0.4, 0.5) is 0 Å². The molecule has 1 aromatic heterocycles. The van der Waals surface area contributed by atoms with Gasteiger partial charge in [-0.05, 0) is 32.1 Å². The van der Waals surface area contributed by atoms with E-state index in [1.165, 1.54) is 0 Å². The summed E-state index contributed by atoms with van der Waals surface area (Å²) in [6, 6.07) is 0. The van der Waals surface area contributed by atoms with Gasteiger partial charge in [-0.1, -0.05) is 30.8 Å². The summed E-state index contributed by atoms with van der Waals surface area (Å²) in [6.07, 6.45) is 8.44. The molecule has 2 fully saturated rings. The molecule has 0 spiro atoms. The molecule has 3 rings (SSSR count). The first kappa shape index (κ1) is 16.9. The summed E-state index contributed by atoms with van der Waals surface area (Å²) in [5.41, 5.74) is -1.09. The topological polar surface area (TPSA) is 105 Å². The molecular formula is C17H25N3O4. The second-order valence-corrected chi connectivity index (χ2v) is 7.02. The summed E-state index contributed by atoms with van der Waals surface area (Å²) < 4.78 is 5.19. The second-order valence-electron chi connectivity index (χ2n) is 7.02. The zero-order chi connectivity index (χ0) is 17.0. The predicted octanol–water partition coefficient (Wildman–Crippen LogP) is 2.56. The molecule has 0 bridgehead atoms. The van der Waals surface area contributed by atoms with E-state index in [9.17, 15) is 14.7 Å². The van der Waals surface area contributed by atoms with Gasteiger partial charge in [0.25, 0.3) is 0 Å². The Morgan fingerprint density at radius 3 is 2.54 bits per heavy atom. The molecule has 2 N–H and O–H groups in total. The molecule has 0 saturated heterocycles. The van der Waals surface area contributed by atoms with Crippen molar-refractivity contribution in [2.75, 3.05) is 0 Å². The van der Waals surface area contributed by atoms with E-state index in [2.05, 4.69) is 15.5 Å². The van der Waals surface area contributed by atoms with Crippen molar-refractivity contribution in [1.82, 2.24) is 15.5 Å². The van der Waals surface area contributed by atoms with Crippen molar-refractivity contribution in [3.8, 4) is 0 Å². The summed E-state index contributed by atoms with van der Waals surface area (Å²) in [5.74, 6) is 0.672. The fraction of sp³-hybridized carbons (Fsp3) is 0.765. The number of nitrogens with zero attached hydrogens (tertiary/aromatic N) is 2. The molecule has 7 heteroatoms. The predicted molar refractivity (Wildman–Crippen MR) is 85.4 cm³/mol. The lowest BCUT2D eigenvalue weighted by atomic mass is 9.90. The third-order valence-electron chi connectivity index (χ3n) is 4.97. The van der Waals surface area contributed by atoms with Gasteiger partial charge in [-0.15, -0.1) is 0 Å². The van der Waals surface area contributed by atoms with Crippen LogP contribution in [0.15, 0.2) is 4.52 Å². The van der Waals surface area contributed by atoms with Crippen LogP contribution < -0.4 is 5.32 Å². The van der Waals surface area contributed by atoms with E-state index in [0.717, 1.165) is 44.3 Å². The number of amides is 1. The minimum atomic E-state index is -1.09. The Balaban J connectivity index is 1.47. The Bertz CT molecular complexity index is 586. The molecule has 132 valence electrons. The maximum atomic E-state index is 12.2. The van der Waals surface area contributed by atoms with Gasteiger partial charge in [0.05, 0.1) is 0 Å². The molecule has 1 heterocycles. The first-order valence-corrected chi connectivity index (χ1v) is 8.96. The zero-order valence-electron chi connectivity index (χ0n) is 13.9. The Labute approximate surface area is 141 Å². The van der Waals surface area contributed by atoms with Crippen LogP contribution in [0.3, 0.4) is 0 Å². The number of nitrogens with one attached hydrogen (secondary N) is 1. The van der Waals surface area contributed by atoms with Crippen molar-refractivity contribution < 1.29 is 19.2 Å². The number of rotatable bonds is 7. The monoisotopic (exact) mass is 335 g/mol. The third kappa shape index (κ3) is 4.13. The minimum Gasteiger partial charge on any atom is -0.480 e. The SMILES string of the molecule is O=C(CCCc1nc(C2CC2)no1)NC1(C(=O)O)CCCCCC1. The lowest BCUT2D eigenvalue weighted by Gasteiger charge is -2.29. The van der Waals surface area contributed by atoms with Gasteiger partial charge < -0.3 is 14.9 Å². The van der Waals surface area contributed by atoms with E-state index >= 15 is 0 Å². The van der Waals surface area contributed by atoms with Crippen molar-refractivity contribution >= 4 is 11.9 Å². The lowest BCUT2D eigenvalue weighted by molar-refractivity contribution is -0.148. The van der Waals surface area contributed by atoms with Crippen LogP contribution in [0.1, 0.15) is 81.8 Å². The van der Waals surface area contributed by atoms with E-state index in [0.29, 0.717) is 37.5 Å². The number of carboxylic acids is 1. The van der Waals surface area contributed by atoms with Gasteiger partial charge in [-0.2, -0.15) is 4.98 Å². The summed E-state index contributed by atoms with van der Waals surface area (Å²) in [5, 5.41) is 16.3. The number of aromatic nitrogens is 2. The van der Waals surface area contributed by atoms with Crippen LogP contribution >= 0.6 is 0 Å². The lowest BCUT2D eigenvalue weighted by Crippen LogP contribution is -2.54. The van der Waals surface area contributed by atoms with Gasteiger partial charge in [0.1, 0.15) is 5.54 Å². The highest BCUT2D eigenvalue weighted by Crippen LogP contribution is 2.38. The summed E-state index contributed by atoms with van der Waals surface area (Å²) >= 11 is 0. The van der Waals surface area contributed by atoms with Crippen molar-refractivity contribution in [3.05, 3.63) is 11.7 Å². The molecule has 1 amide bonds. The number of hydrogen-bond donors (Lipinski definition) is 2. The largest absolute Gasteiger partial charge is 0.480 e. The Kier molecular flexibility index (Phi) is 5.16. The number of carboxylic acid groups (broad SMARTS) is 1. The normalized spacial score (nSPS) is 20.3. The van der Waals surface area contributed by atoms with Crippen molar-refractivity contribution in [1.29, 1.82) is 0 Å². The van der Waals surface area contributed by atoms with Crippen molar-refractivity contribution in [2.45, 2.75) is 82.1 Å². The zero-order valence-corrected chi connectivity index (χ0v) is 13.9. The third-order valence-corrected chi connectivity index (χ3v) is 4.97. The average Bonchev–Trinajstić information content (AvgIpc) is 3.33. The number of aliphatic carboxylic acids is 1. The van der Waals surface area contributed by atoms with Crippen LogP contribution in [0, 0.1) is 0 Å². The molecule has 7 nitrogen and oxygen atoms in total. The van der Waals surface area contributed by atoms with Gasteiger partial charge in [-0.25, -0.2) is 4.79 Å². The number of carbonyl (C=O) groups is 2. The average molecular weight is 335 g/mol. The van der Waals surface area contributed by atoms with Gasteiger partial charge in [0.15, 0.2) is 5.82 Å². The van der Waals surface area contributed by atoms with Crippen LogP contribution in [0.25, 0.3) is 0 Å². The molecule has 2 aliphatic rings. The molecule has 2 saturated carbocycles. The summed E-state index contributed by atoms with van der Waals surface area (Å²) in [6.45, 7) is 0. The molecular weight excluding hydrogens is 310 g/mol. The Hall–Kier alpha value is -1.92. The van der Waals surface area contributed by atoms with E-state index in [4.69, 9.17) is 4.52 Å². The van der Waals surface area contributed by atoms with E-state index in [-0.39, 0.29) is 12.3 Å². The van der Waals surface area contributed by atoms with E-state index < -0.39 is 11.5 Å². The number of aryl methyl sites for hydroxylation is 1. The van der Waals surface area contributed by atoms with Gasteiger partial charge in [0.2, 0.25) is 11.8 Å². The molecule has 24 heavy (non-hydrogen) atoms. The highest BCUT2D eigenvalue weighted by molar-refractivity contribution is 5.87. The van der Waals surface area contributed by atoms with E-state index in [1.807, 2.05) is 0 Å². The quantitative estimate of drug-likeness (QED) is 0.742. The number of hydrogen-bond acceptors (Lipinski definition) is 5. The van der Waals surface area contributed by atoms with Gasteiger partial charge in [-0.3, -0.25) is 4.79 Å². The molecule has 0 aromatic carbocycles. The van der Waals surface area contributed by atoms with Crippen LogP contribution in [-0.2, 0) is 16.0 Å². The minimum absolute atomic E-state index is 0.207. The molecule has 1 aromatic rings. The molecule has 0 atom stereocenters. The standard InChI is InChI=1S/C17H25N3O4/c21-13(19-17(16(22)23)10-3-1-2-4-11-17)6-5-7-14-18-15(20-24-14)12-8-9-12/h12H,1-11H2,(H,19,21)(H,22,23). The maximum Gasteiger partial charge on any atom is 0.329 e. The Morgan fingerprint density at radius 1 is 1.21 bits per heavy atom. The fourth-order valence-electron chi connectivity index (χ4n) is 3.33. The maximum absolute atomic E-state index is 12.2. The van der Waals surface area contributed by atoms with Crippen LogP contribution in [-0.4, -0.2) is 32.7 Å². The van der Waals surface area contributed by atoms with Crippen molar-refractivity contribution in [2.24, 2.45) is 0 Å². The van der Waals surface area contributed by atoms with Gasteiger partial charge in [0, 0.05) is 18.8 Å². The highest BCUT2D eigenvalue weighted by Gasteiger charge is 2.39. The first-order valence-electron chi connectivity index (χ1n) is 8.96. The first-order chi connectivity index (χ1) is 11.6. The summed E-state index contributed by atoms with van der Waals surface area (Å²) in [4.78, 5) is 28.2.